The smallest absolute Gasteiger partial charge is 0.123 e. The number of benzene rings is 2. The topological polar surface area (TPSA) is 12.0 Å². The Morgan fingerprint density at radius 1 is 1.00 bits per heavy atom. The largest absolute Gasteiger partial charge is 0.306 e. The van der Waals surface area contributed by atoms with Gasteiger partial charge in [-0.2, -0.15) is 0 Å². The van der Waals surface area contributed by atoms with E-state index in [9.17, 15) is 4.39 Å². The van der Waals surface area contributed by atoms with Gasteiger partial charge in [0.15, 0.2) is 0 Å². The summed E-state index contributed by atoms with van der Waals surface area (Å²) in [6, 6.07) is 17.2. The van der Waals surface area contributed by atoms with E-state index in [-0.39, 0.29) is 5.82 Å². The zero-order valence-corrected chi connectivity index (χ0v) is 9.86. The van der Waals surface area contributed by atoms with E-state index in [1.54, 1.807) is 12.1 Å². The van der Waals surface area contributed by atoms with Crippen LogP contribution in [0.5, 0.6) is 0 Å². The van der Waals surface area contributed by atoms with Crippen LogP contribution in [0.4, 0.5) is 4.39 Å². The van der Waals surface area contributed by atoms with Gasteiger partial charge in [0.2, 0.25) is 0 Å². The highest BCUT2D eigenvalue weighted by Crippen LogP contribution is 2.12. The minimum atomic E-state index is -0.190. The zero-order valence-electron chi connectivity index (χ0n) is 9.86. The summed E-state index contributed by atoms with van der Waals surface area (Å²) in [5, 5.41) is 3.41. The Balaban J connectivity index is 1.92. The van der Waals surface area contributed by atoms with Crippen molar-refractivity contribution >= 4 is 0 Å². The molecule has 0 saturated carbocycles. The summed E-state index contributed by atoms with van der Waals surface area (Å²) in [5.41, 5.74) is 2.35. The minimum absolute atomic E-state index is 0.190. The van der Waals surface area contributed by atoms with Crippen molar-refractivity contribution in [2.45, 2.75) is 19.5 Å². The molecule has 1 nitrogen and oxygen atoms in total. The van der Waals surface area contributed by atoms with Crippen LogP contribution in [0.25, 0.3) is 0 Å². The lowest BCUT2D eigenvalue weighted by Gasteiger charge is -2.14. The Labute approximate surface area is 101 Å². The van der Waals surface area contributed by atoms with Crippen molar-refractivity contribution in [2.24, 2.45) is 0 Å². The Morgan fingerprint density at radius 2 is 1.65 bits per heavy atom. The lowest BCUT2D eigenvalue weighted by atomic mass is 10.1. The third-order valence-corrected chi connectivity index (χ3v) is 2.83. The third-order valence-electron chi connectivity index (χ3n) is 2.83. The van der Waals surface area contributed by atoms with E-state index < -0.39 is 0 Å². The van der Waals surface area contributed by atoms with Crippen LogP contribution < -0.4 is 5.32 Å². The van der Waals surface area contributed by atoms with Gasteiger partial charge in [0.05, 0.1) is 0 Å². The van der Waals surface area contributed by atoms with E-state index in [0.717, 1.165) is 12.1 Å². The molecule has 0 bridgehead atoms. The van der Waals surface area contributed by atoms with E-state index in [2.05, 4.69) is 24.4 Å². The number of halogens is 1. The van der Waals surface area contributed by atoms with E-state index in [1.165, 1.54) is 17.7 Å². The second-order valence-electron chi connectivity index (χ2n) is 4.14. The molecule has 1 N–H and O–H groups in total. The summed E-state index contributed by atoms with van der Waals surface area (Å²) >= 11 is 0. The van der Waals surface area contributed by atoms with E-state index in [4.69, 9.17) is 0 Å². The maximum absolute atomic E-state index is 12.7. The average Bonchev–Trinajstić information content (AvgIpc) is 2.39. The van der Waals surface area contributed by atoms with E-state index in [0.29, 0.717) is 6.04 Å². The highest BCUT2D eigenvalue weighted by molar-refractivity contribution is 5.19. The second kappa shape index (κ2) is 5.60. The molecule has 0 aliphatic carbocycles. The van der Waals surface area contributed by atoms with Crippen LogP contribution in [-0.4, -0.2) is 0 Å². The molecule has 0 amide bonds. The van der Waals surface area contributed by atoms with Gasteiger partial charge < -0.3 is 5.32 Å². The molecule has 2 heteroatoms. The number of hydrogen-bond donors (Lipinski definition) is 1. The summed E-state index contributed by atoms with van der Waals surface area (Å²) in [7, 11) is 0. The zero-order chi connectivity index (χ0) is 12.1. The molecule has 0 aliphatic rings. The second-order valence-corrected chi connectivity index (χ2v) is 4.14. The van der Waals surface area contributed by atoms with Gasteiger partial charge in [-0.3, -0.25) is 0 Å². The quantitative estimate of drug-likeness (QED) is 0.843. The van der Waals surface area contributed by atoms with Crippen LogP contribution in [0.1, 0.15) is 24.1 Å². The van der Waals surface area contributed by atoms with Crippen molar-refractivity contribution in [1.82, 2.24) is 5.32 Å². The Kier molecular flexibility index (Phi) is 3.89. The molecule has 0 heterocycles. The third kappa shape index (κ3) is 3.40. The van der Waals surface area contributed by atoms with Crippen molar-refractivity contribution in [1.29, 1.82) is 0 Å². The van der Waals surface area contributed by atoms with Crippen molar-refractivity contribution in [3.05, 3.63) is 71.5 Å². The maximum Gasteiger partial charge on any atom is 0.123 e. The van der Waals surface area contributed by atoms with E-state index >= 15 is 0 Å². The highest BCUT2D eigenvalue weighted by atomic mass is 19.1. The SMILES string of the molecule is CC(NCc1ccc(F)cc1)c1ccccc1. The van der Waals surface area contributed by atoms with Gasteiger partial charge in [-0.1, -0.05) is 42.5 Å². The average molecular weight is 229 g/mol. The van der Waals surface area contributed by atoms with Crippen LogP contribution in [0.2, 0.25) is 0 Å². The normalized spacial score (nSPS) is 12.4. The van der Waals surface area contributed by atoms with Crippen LogP contribution in [-0.2, 0) is 6.54 Å². The van der Waals surface area contributed by atoms with Crippen molar-refractivity contribution in [2.75, 3.05) is 0 Å². The Bertz CT molecular complexity index is 450. The maximum atomic E-state index is 12.7. The van der Waals surface area contributed by atoms with Gasteiger partial charge in [0.1, 0.15) is 5.82 Å². The Hall–Kier alpha value is -1.67. The van der Waals surface area contributed by atoms with Gasteiger partial charge in [-0.05, 0) is 30.2 Å². The molecule has 0 saturated heterocycles. The molecular weight excluding hydrogens is 213 g/mol. The monoisotopic (exact) mass is 229 g/mol. The first-order chi connectivity index (χ1) is 8.25. The highest BCUT2D eigenvalue weighted by Gasteiger charge is 2.03. The van der Waals surface area contributed by atoms with Crippen LogP contribution in [0.3, 0.4) is 0 Å². The fraction of sp³-hybridized carbons (Fsp3) is 0.200. The van der Waals surface area contributed by atoms with Crippen LogP contribution in [0.15, 0.2) is 54.6 Å². The molecule has 88 valence electrons. The van der Waals surface area contributed by atoms with Crippen LogP contribution in [0, 0.1) is 5.82 Å². The minimum Gasteiger partial charge on any atom is -0.306 e. The number of nitrogens with one attached hydrogen (secondary N) is 1. The molecule has 0 radical (unpaired) electrons. The first-order valence-electron chi connectivity index (χ1n) is 5.78. The first kappa shape index (κ1) is 11.8. The standard InChI is InChI=1S/C15H16FN/c1-12(14-5-3-2-4-6-14)17-11-13-7-9-15(16)10-8-13/h2-10,12,17H,11H2,1H3. The van der Waals surface area contributed by atoms with Gasteiger partial charge >= 0.3 is 0 Å². The van der Waals surface area contributed by atoms with Crippen molar-refractivity contribution in [3.63, 3.8) is 0 Å². The number of rotatable bonds is 4. The molecule has 1 atom stereocenters. The molecule has 1 unspecified atom stereocenters. The fourth-order valence-electron chi connectivity index (χ4n) is 1.73. The van der Waals surface area contributed by atoms with Crippen molar-refractivity contribution in [3.8, 4) is 0 Å². The van der Waals surface area contributed by atoms with Gasteiger partial charge in [0.25, 0.3) is 0 Å². The summed E-state index contributed by atoms with van der Waals surface area (Å²) in [4.78, 5) is 0. The molecule has 0 spiro atoms. The van der Waals surface area contributed by atoms with Gasteiger partial charge in [-0.25, -0.2) is 4.39 Å². The van der Waals surface area contributed by atoms with E-state index in [1.807, 2.05) is 18.2 Å². The molecule has 0 aliphatic heterocycles. The molecule has 2 aromatic rings. The molecule has 2 rings (SSSR count). The summed E-state index contributed by atoms with van der Waals surface area (Å²) in [5.74, 6) is -0.190. The molecule has 0 fully saturated rings. The fourth-order valence-corrected chi connectivity index (χ4v) is 1.73. The summed E-state index contributed by atoms with van der Waals surface area (Å²) in [6.45, 7) is 2.87. The molecular formula is C15H16FN. The number of hydrogen-bond acceptors (Lipinski definition) is 1. The molecule has 2 aromatic carbocycles. The van der Waals surface area contributed by atoms with Crippen LogP contribution >= 0.6 is 0 Å². The molecule has 17 heavy (non-hydrogen) atoms. The Morgan fingerprint density at radius 3 is 2.29 bits per heavy atom. The predicted octanol–water partition coefficient (Wildman–Crippen LogP) is 3.68. The summed E-state index contributed by atoms with van der Waals surface area (Å²) in [6.07, 6.45) is 0. The predicted molar refractivity (Wildman–Crippen MR) is 68.1 cm³/mol. The summed E-state index contributed by atoms with van der Waals surface area (Å²) < 4.78 is 12.7. The van der Waals surface area contributed by atoms with Gasteiger partial charge in [0, 0.05) is 12.6 Å². The first-order valence-corrected chi connectivity index (χ1v) is 5.78. The molecule has 0 aromatic heterocycles. The van der Waals surface area contributed by atoms with Gasteiger partial charge in [-0.15, -0.1) is 0 Å². The lowest BCUT2D eigenvalue weighted by molar-refractivity contribution is 0.573. The lowest BCUT2D eigenvalue weighted by Crippen LogP contribution is -2.17. The van der Waals surface area contributed by atoms with Crippen molar-refractivity contribution < 1.29 is 4.39 Å².